The van der Waals surface area contributed by atoms with Gasteiger partial charge in [0.05, 0.1) is 6.42 Å². The number of nitrogens with one attached hydrogen (secondary N) is 1. The van der Waals surface area contributed by atoms with Crippen LogP contribution in [0, 0.1) is 0 Å². The number of carbonyl (C=O) groups is 2. The summed E-state index contributed by atoms with van der Waals surface area (Å²) in [5.41, 5.74) is 7.19. The van der Waals surface area contributed by atoms with E-state index in [1.807, 2.05) is 17.0 Å². The van der Waals surface area contributed by atoms with Gasteiger partial charge in [0.1, 0.15) is 0 Å². The monoisotopic (exact) mass is 275 g/mol. The van der Waals surface area contributed by atoms with Crippen LogP contribution in [0.3, 0.4) is 0 Å². The molecule has 108 valence electrons. The molecular formula is C15H21N3O2. The molecule has 0 spiro atoms. The molecule has 1 aliphatic rings. The van der Waals surface area contributed by atoms with Crippen LogP contribution in [0.5, 0.6) is 0 Å². The van der Waals surface area contributed by atoms with E-state index in [9.17, 15) is 9.59 Å². The van der Waals surface area contributed by atoms with Gasteiger partial charge in [0.25, 0.3) is 0 Å². The second-order valence-corrected chi connectivity index (χ2v) is 5.11. The van der Waals surface area contributed by atoms with E-state index in [1.165, 1.54) is 0 Å². The van der Waals surface area contributed by atoms with Crippen LogP contribution < -0.4 is 11.1 Å². The first-order valence-corrected chi connectivity index (χ1v) is 7.04. The second-order valence-electron chi connectivity index (χ2n) is 5.11. The minimum absolute atomic E-state index is 0.0657. The average molecular weight is 275 g/mol. The SMILES string of the molecule is Nc1ccc(CC(=O)NCCC(=O)N2CCCC2)cc1. The molecule has 1 aromatic rings. The Morgan fingerprint density at radius 3 is 2.45 bits per heavy atom. The standard InChI is InChI=1S/C15H21N3O2/c16-13-5-3-12(4-6-13)11-14(19)17-8-7-15(20)18-9-1-2-10-18/h3-6H,1-2,7-11,16H2,(H,17,19). The number of nitrogen functional groups attached to an aromatic ring is 1. The molecule has 0 bridgehead atoms. The molecule has 5 nitrogen and oxygen atoms in total. The molecule has 1 heterocycles. The smallest absolute Gasteiger partial charge is 0.224 e. The summed E-state index contributed by atoms with van der Waals surface area (Å²) in [5, 5.41) is 2.78. The third kappa shape index (κ3) is 4.26. The molecule has 1 aromatic carbocycles. The average Bonchev–Trinajstić information content (AvgIpc) is 2.95. The number of amides is 2. The number of anilines is 1. The Hall–Kier alpha value is -2.04. The van der Waals surface area contributed by atoms with Crippen LogP contribution in [0.25, 0.3) is 0 Å². The fraction of sp³-hybridized carbons (Fsp3) is 0.467. The van der Waals surface area contributed by atoms with Crippen molar-refractivity contribution in [1.29, 1.82) is 0 Å². The highest BCUT2D eigenvalue weighted by Gasteiger charge is 2.17. The van der Waals surface area contributed by atoms with Crippen molar-refractivity contribution in [2.45, 2.75) is 25.7 Å². The highest BCUT2D eigenvalue weighted by Crippen LogP contribution is 2.08. The number of benzene rings is 1. The highest BCUT2D eigenvalue weighted by molar-refractivity contribution is 5.80. The van der Waals surface area contributed by atoms with Crippen molar-refractivity contribution in [3.63, 3.8) is 0 Å². The zero-order valence-electron chi connectivity index (χ0n) is 11.6. The van der Waals surface area contributed by atoms with E-state index in [0.717, 1.165) is 31.5 Å². The van der Waals surface area contributed by atoms with Crippen LogP contribution in [-0.2, 0) is 16.0 Å². The van der Waals surface area contributed by atoms with Crippen molar-refractivity contribution in [3.05, 3.63) is 29.8 Å². The van der Waals surface area contributed by atoms with Gasteiger partial charge in [-0.3, -0.25) is 9.59 Å². The predicted octanol–water partition coefficient (Wildman–Crippen LogP) is 0.940. The zero-order chi connectivity index (χ0) is 14.4. The molecule has 0 aromatic heterocycles. The summed E-state index contributed by atoms with van der Waals surface area (Å²) in [7, 11) is 0. The van der Waals surface area contributed by atoms with Crippen LogP contribution in [0.4, 0.5) is 5.69 Å². The van der Waals surface area contributed by atoms with Crippen molar-refractivity contribution in [1.82, 2.24) is 10.2 Å². The Labute approximate surface area is 119 Å². The van der Waals surface area contributed by atoms with E-state index < -0.39 is 0 Å². The van der Waals surface area contributed by atoms with Crippen molar-refractivity contribution >= 4 is 17.5 Å². The fourth-order valence-electron chi connectivity index (χ4n) is 2.32. The van der Waals surface area contributed by atoms with Crippen molar-refractivity contribution in [3.8, 4) is 0 Å². The molecule has 2 amide bonds. The lowest BCUT2D eigenvalue weighted by Gasteiger charge is -2.15. The molecule has 1 fully saturated rings. The Kier molecular flexibility index (Phi) is 4.98. The largest absolute Gasteiger partial charge is 0.399 e. The van der Waals surface area contributed by atoms with Crippen LogP contribution in [0.1, 0.15) is 24.8 Å². The third-order valence-electron chi connectivity index (χ3n) is 3.46. The summed E-state index contributed by atoms with van der Waals surface area (Å²) in [6, 6.07) is 7.23. The quantitative estimate of drug-likeness (QED) is 0.785. The number of nitrogens with zero attached hydrogens (tertiary/aromatic N) is 1. The van der Waals surface area contributed by atoms with Crippen molar-refractivity contribution in [2.24, 2.45) is 0 Å². The van der Waals surface area contributed by atoms with Crippen LogP contribution in [0.15, 0.2) is 24.3 Å². The van der Waals surface area contributed by atoms with Gasteiger partial charge in [-0.15, -0.1) is 0 Å². The number of likely N-dealkylation sites (tertiary alicyclic amines) is 1. The minimum atomic E-state index is -0.0657. The zero-order valence-corrected chi connectivity index (χ0v) is 11.6. The maximum atomic E-state index is 11.8. The van der Waals surface area contributed by atoms with E-state index in [4.69, 9.17) is 5.73 Å². The van der Waals surface area contributed by atoms with Gasteiger partial charge >= 0.3 is 0 Å². The van der Waals surface area contributed by atoms with Crippen LogP contribution >= 0.6 is 0 Å². The molecule has 0 saturated carbocycles. The minimum Gasteiger partial charge on any atom is -0.399 e. The Bertz CT molecular complexity index is 465. The van der Waals surface area contributed by atoms with Crippen molar-refractivity contribution < 1.29 is 9.59 Å². The van der Waals surface area contributed by atoms with Crippen LogP contribution in [-0.4, -0.2) is 36.3 Å². The summed E-state index contributed by atoms with van der Waals surface area (Å²) in [6.07, 6.45) is 2.89. The normalized spacial score (nSPS) is 14.3. The summed E-state index contributed by atoms with van der Waals surface area (Å²) >= 11 is 0. The van der Waals surface area contributed by atoms with Crippen molar-refractivity contribution in [2.75, 3.05) is 25.4 Å². The van der Waals surface area contributed by atoms with Gasteiger partial charge < -0.3 is 16.0 Å². The first kappa shape index (κ1) is 14.4. The Balaban J connectivity index is 1.67. The lowest BCUT2D eigenvalue weighted by Crippen LogP contribution is -2.33. The lowest BCUT2D eigenvalue weighted by molar-refractivity contribution is -0.130. The van der Waals surface area contributed by atoms with E-state index in [0.29, 0.717) is 25.1 Å². The van der Waals surface area contributed by atoms with Gasteiger partial charge in [-0.25, -0.2) is 0 Å². The number of carbonyl (C=O) groups excluding carboxylic acids is 2. The molecule has 20 heavy (non-hydrogen) atoms. The van der Waals surface area contributed by atoms with Gasteiger partial charge in [-0.1, -0.05) is 12.1 Å². The van der Waals surface area contributed by atoms with Gasteiger partial charge in [-0.05, 0) is 30.5 Å². The van der Waals surface area contributed by atoms with E-state index in [-0.39, 0.29) is 11.8 Å². The van der Waals surface area contributed by atoms with E-state index in [2.05, 4.69) is 5.32 Å². The molecule has 0 radical (unpaired) electrons. The second kappa shape index (κ2) is 6.93. The summed E-state index contributed by atoms with van der Waals surface area (Å²) in [5.74, 6) is 0.0688. The highest BCUT2D eigenvalue weighted by atomic mass is 16.2. The van der Waals surface area contributed by atoms with Gasteiger partial charge in [0.2, 0.25) is 11.8 Å². The summed E-state index contributed by atoms with van der Waals surface area (Å²) in [6.45, 7) is 2.12. The Morgan fingerprint density at radius 2 is 1.80 bits per heavy atom. The number of hydrogen-bond donors (Lipinski definition) is 2. The summed E-state index contributed by atoms with van der Waals surface area (Å²) < 4.78 is 0. The lowest BCUT2D eigenvalue weighted by atomic mass is 10.1. The Morgan fingerprint density at radius 1 is 1.15 bits per heavy atom. The molecule has 0 unspecified atom stereocenters. The molecule has 0 atom stereocenters. The molecule has 0 aliphatic carbocycles. The third-order valence-corrected chi connectivity index (χ3v) is 3.46. The van der Waals surface area contributed by atoms with Gasteiger partial charge in [0.15, 0.2) is 0 Å². The number of rotatable bonds is 5. The molecule has 2 rings (SSSR count). The summed E-state index contributed by atoms with van der Waals surface area (Å²) in [4.78, 5) is 25.4. The maximum absolute atomic E-state index is 11.8. The van der Waals surface area contributed by atoms with Gasteiger partial charge in [-0.2, -0.15) is 0 Å². The topological polar surface area (TPSA) is 75.4 Å². The van der Waals surface area contributed by atoms with Gasteiger partial charge in [0, 0.05) is 31.7 Å². The van der Waals surface area contributed by atoms with Crippen LogP contribution in [0.2, 0.25) is 0 Å². The number of nitrogens with two attached hydrogens (primary N) is 1. The maximum Gasteiger partial charge on any atom is 0.224 e. The molecule has 1 saturated heterocycles. The van der Waals surface area contributed by atoms with E-state index in [1.54, 1.807) is 12.1 Å². The first-order chi connectivity index (χ1) is 9.65. The predicted molar refractivity (Wildman–Crippen MR) is 78.0 cm³/mol. The first-order valence-electron chi connectivity index (χ1n) is 7.04. The fourth-order valence-corrected chi connectivity index (χ4v) is 2.32. The number of hydrogen-bond acceptors (Lipinski definition) is 3. The molecule has 3 N–H and O–H groups in total. The molecule has 5 heteroatoms. The molecule has 1 aliphatic heterocycles. The van der Waals surface area contributed by atoms with E-state index >= 15 is 0 Å². The molecular weight excluding hydrogens is 254 g/mol.